The Morgan fingerprint density at radius 1 is 1.26 bits per heavy atom. The van der Waals surface area contributed by atoms with Gasteiger partial charge in [-0.2, -0.15) is 5.10 Å². The molecule has 0 spiro atoms. The number of nitrogens with one attached hydrogen (secondary N) is 1. The van der Waals surface area contributed by atoms with E-state index in [-0.39, 0.29) is 23.1 Å². The van der Waals surface area contributed by atoms with Gasteiger partial charge in [0.25, 0.3) is 0 Å². The third-order valence-corrected chi connectivity index (χ3v) is 4.70. The smallest absolute Gasteiger partial charge is 0.223 e. The molecule has 0 aliphatic carbocycles. The Morgan fingerprint density at radius 3 is 2.70 bits per heavy atom. The van der Waals surface area contributed by atoms with Crippen LogP contribution in [0.2, 0.25) is 0 Å². The molecule has 2 amide bonds. The normalized spacial score (nSPS) is 17.5. The molecule has 2 aromatic rings. The second-order valence-corrected chi connectivity index (χ2v) is 8.38. The van der Waals surface area contributed by atoms with E-state index in [2.05, 4.69) is 36.1 Å². The molecule has 8 heteroatoms. The fraction of sp³-hybridized carbons (Fsp3) is 0.632. The van der Waals surface area contributed by atoms with Crippen LogP contribution in [0.5, 0.6) is 0 Å². The fourth-order valence-electron chi connectivity index (χ4n) is 3.47. The van der Waals surface area contributed by atoms with E-state index in [1.54, 1.807) is 17.1 Å². The maximum atomic E-state index is 12.5. The van der Waals surface area contributed by atoms with Crippen LogP contribution in [0.1, 0.15) is 52.1 Å². The fourth-order valence-corrected chi connectivity index (χ4v) is 3.47. The highest BCUT2D eigenvalue weighted by atomic mass is 16.2. The van der Waals surface area contributed by atoms with Crippen molar-refractivity contribution in [3.8, 4) is 0 Å². The van der Waals surface area contributed by atoms with Crippen LogP contribution in [0.15, 0.2) is 12.4 Å². The van der Waals surface area contributed by atoms with E-state index in [9.17, 15) is 9.59 Å². The number of hydrogen-bond donors (Lipinski definition) is 1. The van der Waals surface area contributed by atoms with Crippen LogP contribution < -0.4 is 5.32 Å². The van der Waals surface area contributed by atoms with Gasteiger partial charge < -0.3 is 10.2 Å². The van der Waals surface area contributed by atoms with Gasteiger partial charge in [-0.3, -0.25) is 9.59 Å². The molecule has 1 saturated heterocycles. The SMILES string of the molecule is CC(=O)NCCn1nc([C@@H]2CCN(C(=O)CC(C)(C)C)C2)c2nccnc21. The van der Waals surface area contributed by atoms with Crippen LogP contribution in [0.25, 0.3) is 11.2 Å². The average molecular weight is 372 g/mol. The lowest BCUT2D eigenvalue weighted by Crippen LogP contribution is -2.31. The average Bonchev–Trinajstić information content (AvgIpc) is 3.18. The van der Waals surface area contributed by atoms with Crippen molar-refractivity contribution in [2.45, 2.75) is 53.0 Å². The zero-order valence-corrected chi connectivity index (χ0v) is 16.5. The molecule has 1 fully saturated rings. The number of carbonyl (C=O) groups excluding carboxylic acids is 2. The zero-order valence-electron chi connectivity index (χ0n) is 16.5. The number of hydrogen-bond acceptors (Lipinski definition) is 5. The van der Waals surface area contributed by atoms with Gasteiger partial charge in [-0.1, -0.05) is 20.8 Å². The number of fused-ring (bicyclic) bond motifs is 1. The van der Waals surface area contributed by atoms with Crippen molar-refractivity contribution in [2.24, 2.45) is 5.41 Å². The molecule has 27 heavy (non-hydrogen) atoms. The molecule has 0 unspecified atom stereocenters. The van der Waals surface area contributed by atoms with Gasteiger partial charge in [0.05, 0.1) is 12.2 Å². The maximum absolute atomic E-state index is 12.5. The van der Waals surface area contributed by atoms with Crippen LogP contribution in [0.4, 0.5) is 0 Å². The van der Waals surface area contributed by atoms with E-state index in [1.165, 1.54) is 6.92 Å². The molecule has 0 radical (unpaired) electrons. The summed E-state index contributed by atoms with van der Waals surface area (Å²) < 4.78 is 1.80. The van der Waals surface area contributed by atoms with E-state index in [0.29, 0.717) is 26.1 Å². The Labute approximate surface area is 159 Å². The molecule has 3 rings (SSSR count). The molecule has 8 nitrogen and oxygen atoms in total. The first-order valence-electron chi connectivity index (χ1n) is 9.44. The number of likely N-dealkylation sites (tertiary alicyclic amines) is 1. The van der Waals surface area contributed by atoms with E-state index < -0.39 is 0 Å². The molecule has 1 aliphatic heterocycles. The van der Waals surface area contributed by atoms with E-state index in [0.717, 1.165) is 29.8 Å². The molecule has 0 saturated carbocycles. The highest BCUT2D eigenvalue weighted by Gasteiger charge is 2.32. The maximum Gasteiger partial charge on any atom is 0.223 e. The van der Waals surface area contributed by atoms with Gasteiger partial charge in [-0.15, -0.1) is 0 Å². The van der Waals surface area contributed by atoms with Crippen LogP contribution in [-0.2, 0) is 16.1 Å². The Balaban J connectivity index is 1.77. The topological polar surface area (TPSA) is 93.0 Å². The molecule has 1 N–H and O–H groups in total. The van der Waals surface area contributed by atoms with Crippen molar-refractivity contribution >= 4 is 23.0 Å². The molecule has 146 valence electrons. The van der Waals surface area contributed by atoms with Gasteiger partial charge in [0.1, 0.15) is 5.52 Å². The minimum atomic E-state index is -0.0680. The minimum absolute atomic E-state index is 0.0152. The van der Waals surface area contributed by atoms with E-state index in [1.807, 2.05) is 4.90 Å². The van der Waals surface area contributed by atoms with Crippen molar-refractivity contribution in [3.05, 3.63) is 18.1 Å². The summed E-state index contributed by atoms with van der Waals surface area (Å²) in [5.41, 5.74) is 2.39. The number of amides is 2. The molecular formula is C19H28N6O2. The Morgan fingerprint density at radius 2 is 2.00 bits per heavy atom. The molecule has 0 aromatic carbocycles. The quantitative estimate of drug-likeness (QED) is 0.862. The molecule has 1 aliphatic rings. The van der Waals surface area contributed by atoms with Gasteiger partial charge in [0, 0.05) is 51.3 Å². The predicted molar refractivity (Wildman–Crippen MR) is 102 cm³/mol. The summed E-state index contributed by atoms with van der Waals surface area (Å²) in [7, 11) is 0. The minimum Gasteiger partial charge on any atom is -0.354 e. The van der Waals surface area contributed by atoms with Crippen molar-refractivity contribution in [2.75, 3.05) is 19.6 Å². The molecule has 1 atom stereocenters. The van der Waals surface area contributed by atoms with Gasteiger partial charge in [-0.05, 0) is 11.8 Å². The van der Waals surface area contributed by atoms with Crippen LogP contribution >= 0.6 is 0 Å². The molecular weight excluding hydrogens is 344 g/mol. The summed E-state index contributed by atoms with van der Waals surface area (Å²) in [6.07, 6.45) is 4.75. The Kier molecular flexibility index (Phi) is 5.43. The highest BCUT2D eigenvalue weighted by molar-refractivity contribution is 5.78. The third kappa shape index (κ3) is 4.61. The summed E-state index contributed by atoms with van der Waals surface area (Å²) in [5.74, 6) is 0.294. The predicted octanol–water partition coefficient (Wildman–Crippen LogP) is 1.71. The lowest BCUT2D eigenvalue weighted by molar-refractivity contribution is -0.132. The monoisotopic (exact) mass is 372 g/mol. The zero-order chi connectivity index (χ0) is 19.6. The number of nitrogens with zero attached hydrogens (tertiary/aromatic N) is 5. The van der Waals surface area contributed by atoms with Crippen molar-refractivity contribution < 1.29 is 9.59 Å². The largest absolute Gasteiger partial charge is 0.354 e. The molecule has 3 heterocycles. The van der Waals surface area contributed by atoms with Crippen molar-refractivity contribution in [1.29, 1.82) is 0 Å². The summed E-state index contributed by atoms with van der Waals surface area (Å²) in [5, 5.41) is 7.52. The number of aromatic nitrogens is 4. The summed E-state index contributed by atoms with van der Waals surface area (Å²) in [6.45, 7) is 10.2. The van der Waals surface area contributed by atoms with Gasteiger partial charge >= 0.3 is 0 Å². The van der Waals surface area contributed by atoms with Crippen LogP contribution in [0.3, 0.4) is 0 Å². The second kappa shape index (κ2) is 7.62. The summed E-state index contributed by atoms with van der Waals surface area (Å²) in [4.78, 5) is 34.5. The third-order valence-electron chi connectivity index (χ3n) is 4.70. The first-order chi connectivity index (χ1) is 12.7. The van der Waals surface area contributed by atoms with Crippen LogP contribution in [0, 0.1) is 5.41 Å². The van der Waals surface area contributed by atoms with Crippen LogP contribution in [-0.4, -0.2) is 56.1 Å². The molecule has 0 bridgehead atoms. The first-order valence-corrected chi connectivity index (χ1v) is 9.44. The van der Waals surface area contributed by atoms with E-state index in [4.69, 9.17) is 5.10 Å². The lowest BCUT2D eigenvalue weighted by Gasteiger charge is -2.22. The second-order valence-electron chi connectivity index (χ2n) is 8.38. The number of carbonyl (C=O) groups is 2. The Hall–Kier alpha value is -2.51. The van der Waals surface area contributed by atoms with Gasteiger partial charge in [0.15, 0.2) is 5.65 Å². The Bertz CT molecular complexity index is 838. The van der Waals surface area contributed by atoms with Crippen molar-refractivity contribution in [1.82, 2.24) is 30.0 Å². The summed E-state index contributed by atoms with van der Waals surface area (Å²) >= 11 is 0. The standard InChI is InChI=1S/C19H28N6O2/c1-13(26)20-8-10-25-18-17(21-6-7-22-18)16(23-25)14-5-9-24(12-14)15(27)11-19(2,3)4/h6-7,14H,5,8-12H2,1-4H3,(H,20,26)/t14-/m1/s1. The van der Waals surface area contributed by atoms with Gasteiger partial charge in [-0.25, -0.2) is 14.6 Å². The molecule has 2 aromatic heterocycles. The summed E-state index contributed by atoms with van der Waals surface area (Å²) in [6, 6.07) is 0. The highest BCUT2D eigenvalue weighted by Crippen LogP contribution is 2.31. The van der Waals surface area contributed by atoms with E-state index >= 15 is 0 Å². The van der Waals surface area contributed by atoms with Crippen molar-refractivity contribution in [3.63, 3.8) is 0 Å². The number of rotatable bonds is 5. The van der Waals surface area contributed by atoms with Gasteiger partial charge in [0.2, 0.25) is 11.8 Å². The first kappa shape index (κ1) is 19.3. The lowest BCUT2D eigenvalue weighted by atomic mass is 9.91.